The van der Waals surface area contributed by atoms with Gasteiger partial charge in [0.15, 0.2) is 0 Å². The molecule has 0 aromatic carbocycles. The van der Waals surface area contributed by atoms with Crippen LogP contribution in [0.4, 0.5) is 0 Å². The van der Waals surface area contributed by atoms with Crippen LogP contribution in [-0.2, 0) is 6.54 Å². The first kappa shape index (κ1) is 11.8. The third-order valence-electron chi connectivity index (χ3n) is 2.57. The summed E-state index contributed by atoms with van der Waals surface area (Å²) in [5, 5.41) is 4.44. The van der Waals surface area contributed by atoms with E-state index in [9.17, 15) is 4.79 Å². The molecule has 0 amide bonds. The van der Waals surface area contributed by atoms with Crippen LogP contribution in [0.3, 0.4) is 0 Å². The molecule has 0 aliphatic heterocycles. The second-order valence-corrected chi connectivity index (χ2v) is 4.08. The quantitative estimate of drug-likeness (QED) is 0.786. The van der Waals surface area contributed by atoms with Gasteiger partial charge in [0.25, 0.3) is 0 Å². The SMILES string of the molecule is CCn1ncc(Cl)c1C(=O)c1ccncc1C. The van der Waals surface area contributed by atoms with Gasteiger partial charge in [0.2, 0.25) is 5.78 Å². The highest BCUT2D eigenvalue weighted by atomic mass is 35.5. The normalized spacial score (nSPS) is 10.5. The largest absolute Gasteiger partial charge is 0.287 e. The maximum Gasteiger partial charge on any atom is 0.212 e. The molecule has 0 aliphatic carbocycles. The van der Waals surface area contributed by atoms with E-state index < -0.39 is 0 Å². The number of carbonyl (C=O) groups excluding carboxylic acids is 1. The van der Waals surface area contributed by atoms with Crippen molar-refractivity contribution in [2.24, 2.45) is 0 Å². The average molecular weight is 250 g/mol. The van der Waals surface area contributed by atoms with E-state index in [1.54, 1.807) is 23.1 Å². The molecule has 0 radical (unpaired) electrons. The molecule has 4 nitrogen and oxygen atoms in total. The summed E-state index contributed by atoms with van der Waals surface area (Å²) >= 11 is 6.00. The standard InChI is InChI=1S/C12H12ClN3O/c1-3-16-11(10(13)7-15-16)12(17)9-4-5-14-6-8(9)2/h4-7H,3H2,1-2H3. The first-order valence-corrected chi connectivity index (χ1v) is 5.69. The molecule has 2 rings (SSSR count). The first-order chi connectivity index (χ1) is 8.15. The zero-order chi connectivity index (χ0) is 12.4. The van der Waals surface area contributed by atoms with Crippen LogP contribution < -0.4 is 0 Å². The third-order valence-corrected chi connectivity index (χ3v) is 2.85. The van der Waals surface area contributed by atoms with Crippen molar-refractivity contribution in [2.45, 2.75) is 20.4 Å². The molecule has 0 spiro atoms. The lowest BCUT2D eigenvalue weighted by atomic mass is 10.1. The van der Waals surface area contributed by atoms with Crippen LogP contribution in [0.15, 0.2) is 24.7 Å². The highest BCUT2D eigenvalue weighted by Crippen LogP contribution is 2.20. The van der Waals surface area contributed by atoms with Crippen LogP contribution in [-0.4, -0.2) is 20.5 Å². The number of carbonyl (C=O) groups is 1. The summed E-state index contributed by atoms with van der Waals surface area (Å²) in [6.07, 6.45) is 4.75. The van der Waals surface area contributed by atoms with Crippen LogP contribution in [0.5, 0.6) is 0 Å². The number of hydrogen-bond acceptors (Lipinski definition) is 3. The van der Waals surface area contributed by atoms with E-state index in [-0.39, 0.29) is 5.78 Å². The number of ketones is 1. The summed E-state index contributed by atoms with van der Waals surface area (Å²) in [6, 6.07) is 1.70. The molecule has 0 saturated carbocycles. The van der Waals surface area contributed by atoms with E-state index in [4.69, 9.17) is 11.6 Å². The molecule has 88 valence electrons. The van der Waals surface area contributed by atoms with E-state index in [0.29, 0.717) is 22.8 Å². The van der Waals surface area contributed by atoms with Gasteiger partial charge >= 0.3 is 0 Å². The number of aryl methyl sites for hydroxylation is 2. The number of nitrogens with zero attached hydrogens (tertiary/aromatic N) is 3. The van der Waals surface area contributed by atoms with Crippen molar-refractivity contribution >= 4 is 17.4 Å². The third kappa shape index (κ3) is 2.08. The van der Waals surface area contributed by atoms with Crippen molar-refractivity contribution in [1.82, 2.24) is 14.8 Å². The van der Waals surface area contributed by atoms with E-state index in [1.807, 2.05) is 13.8 Å². The maximum atomic E-state index is 12.4. The topological polar surface area (TPSA) is 47.8 Å². The molecule has 0 fully saturated rings. The second-order valence-electron chi connectivity index (χ2n) is 3.68. The van der Waals surface area contributed by atoms with Gasteiger partial charge in [0, 0.05) is 24.5 Å². The van der Waals surface area contributed by atoms with Gasteiger partial charge < -0.3 is 0 Å². The number of aromatic nitrogens is 3. The molecule has 0 N–H and O–H groups in total. The van der Waals surface area contributed by atoms with E-state index in [0.717, 1.165) is 5.56 Å². The predicted octanol–water partition coefficient (Wildman–Crippen LogP) is 2.49. The molecule has 0 unspecified atom stereocenters. The molecule has 5 heteroatoms. The van der Waals surface area contributed by atoms with Crippen molar-refractivity contribution in [2.75, 3.05) is 0 Å². The summed E-state index contributed by atoms with van der Waals surface area (Å²) in [5.41, 5.74) is 1.87. The number of pyridine rings is 1. The predicted molar refractivity (Wildman–Crippen MR) is 65.3 cm³/mol. The van der Waals surface area contributed by atoms with E-state index in [1.165, 1.54) is 6.20 Å². The Morgan fingerprint density at radius 2 is 2.24 bits per heavy atom. The maximum absolute atomic E-state index is 12.4. The van der Waals surface area contributed by atoms with Crippen LogP contribution in [0.1, 0.15) is 28.5 Å². The fourth-order valence-corrected chi connectivity index (χ4v) is 1.91. The van der Waals surface area contributed by atoms with Crippen molar-refractivity contribution < 1.29 is 4.79 Å². The number of rotatable bonds is 3. The fraction of sp³-hybridized carbons (Fsp3) is 0.250. The Bertz CT molecular complexity index is 563. The van der Waals surface area contributed by atoms with E-state index >= 15 is 0 Å². The highest BCUT2D eigenvalue weighted by molar-refractivity contribution is 6.34. The molecule has 2 aromatic heterocycles. The molecular formula is C12H12ClN3O. The summed E-state index contributed by atoms with van der Waals surface area (Å²) < 4.78 is 1.60. The molecule has 0 atom stereocenters. The summed E-state index contributed by atoms with van der Waals surface area (Å²) in [7, 11) is 0. The Morgan fingerprint density at radius 1 is 1.47 bits per heavy atom. The Balaban J connectivity index is 2.51. The zero-order valence-corrected chi connectivity index (χ0v) is 10.4. The van der Waals surface area contributed by atoms with Crippen molar-refractivity contribution in [1.29, 1.82) is 0 Å². The van der Waals surface area contributed by atoms with Gasteiger partial charge in [0.1, 0.15) is 5.69 Å². The van der Waals surface area contributed by atoms with Gasteiger partial charge in [-0.3, -0.25) is 14.5 Å². The molecule has 2 aromatic rings. The van der Waals surface area contributed by atoms with Crippen LogP contribution in [0.25, 0.3) is 0 Å². The number of halogens is 1. The van der Waals surface area contributed by atoms with Gasteiger partial charge in [-0.15, -0.1) is 0 Å². The summed E-state index contributed by atoms with van der Waals surface area (Å²) in [4.78, 5) is 16.3. The molecule has 0 bridgehead atoms. The smallest absolute Gasteiger partial charge is 0.212 e. The minimum Gasteiger partial charge on any atom is -0.287 e. The van der Waals surface area contributed by atoms with Gasteiger partial charge in [0.05, 0.1) is 11.2 Å². The van der Waals surface area contributed by atoms with Crippen molar-refractivity contribution in [3.63, 3.8) is 0 Å². The minimum atomic E-state index is -0.116. The molecule has 2 heterocycles. The number of hydrogen-bond donors (Lipinski definition) is 0. The monoisotopic (exact) mass is 249 g/mol. The molecule has 17 heavy (non-hydrogen) atoms. The van der Waals surface area contributed by atoms with Crippen molar-refractivity contribution in [3.8, 4) is 0 Å². The van der Waals surface area contributed by atoms with Gasteiger partial charge in [-0.25, -0.2) is 0 Å². The second kappa shape index (κ2) is 4.67. The lowest BCUT2D eigenvalue weighted by Gasteiger charge is -2.06. The Hall–Kier alpha value is -1.68. The molecule has 0 saturated heterocycles. The fourth-order valence-electron chi connectivity index (χ4n) is 1.68. The average Bonchev–Trinajstić information content (AvgIpc) is 2.70. The zero-order valence-electron chi connectivity index (χ0n) is 9.64. The summed E-state index contributed by atoms with van der Waals surface area (Å²) in [6.45, 7) is 4.37. The lowest BCUT2D eigenvalue weighted by Crippen LogP contribution is -2.12. The van der Waals surface area contributed by atoms with E-state index in [2.05, 4.69) is 10.1 Å². The Kier molecular flexibility index (Phi) is 3.24. The lowest BCUT2D eigenvalue weighted by molar-refractivity contribution is 0.102. The minimum absolute atomic E-state index is 0.116. The van der Waals surface area contributed by atoms with Gasteiger partial charge in [-0.05, 0) is 25.5 Å². The highest BCUT2D eigenvalue weighted by Gasteiger charge is 2.19. The van der Waals surface area contributed by atoms with Gasteiger partial charge in [-0.2, -0.15) is 5.10 Å². The van der Waals surface area contributed by atoms with Crippen LogP contribution in [0.2, 0.25) is 5.02 Å². The molecular weight excluding hydrogens is 238 g/mol. The Labute approximate surface area is 104 Å². The molecule has 0 aliphatic rings. The Morgan fingerprint density at radius 3 is 2.88 bits per heavy atom. The van der Waals surface area contributed by atoms with Crippen LogP contribution in [0, 0.1) is 6.92 Å². The van der Waals surface area contributed by atoms with Gasteiger partial charge in [-0.1, -0.05) is 11.6 Å². The van der Waals surface area contributed by atoms with Crippen LogP contribution >= 0.6 is 11.6 Å². The van der Waals surface area contributed by atoms with Crippen molar-refractivity contribution in [3.05, 3.63) is 46.5 Å². The summed E-state index contributed by atoms with van der Waals surface area (Å²) in [5.74, 6) is -0.116. The first-order valence-electron chi connectivity index (χ1n) is 5.31.